The molecule has 0 rings (SSSR count). The van der Waals surface area contributed by atoms with E-state index in [2.05, 4.69) is 40.5 Å². The van der Waals surface area contributed by atoms with Gasteiger partial charge in [-0.1, -0.05) is 26.3 Å². The van der Waals surface area contributed by atoms with Crippen LogP contribution in [0.1, 0.15) is 27.7 Å². The Kier molecular flexibility index (Phi) is 17.3. The molecule has 0 atom stereocenters. The van der Waals surface area contributed by atoms with E-state index in [1.54, 1.807) is 20.8 Å². The van der Waals surface area contributed by atoms with Crippen LogP contribution in [0.25, 0.3) is 0 Å². The molecule has 0 saturated heterocycles. The SMILES string of the molecule is C=C(C)C(=O)O.C=C(C)C(=O)OC.C=C(C)C(=O)OCCOC(=O)C(=C)C. The van der Waals surface area contributed by atoms with Gasteiger partial charge in [-0.25, -0.2) is 19.2 Å². The summed E-state index contributed by atoms with van der Waals surface area (Å²) in [6.45, 7) is 19.5. The smallest absolute Gasteiger partial charge is 0.333 e. The Balaban J connectivity index is -0.000000369. The van der Waals surface area contributed by atoms with Crippen molar-refractivity contribution in [2.75, 3.05) is 20.3 Å². The third-order valence-electron chi connectivity index (χ3n) is 2.15. The minimum absolute atomic E-state index is 0.0325. The number of carboxylic acid groups (broad SMARTS) is 1. The van der Waals surface area contributed by atoms with Crippen molar-refractivity contribution >= 4 is 23.9 Å². The van der Waals surface area contributed by atoms with Gasteiger partial charge in [0.05, 0.1) is 7.11 Å². The summed E-state index contributed by atoms with van der Waals surface area (Å²) < 4.78 is 13.6. The zero-order chi connectivity index (χ0) is 22.2. The number of carboxylic acids is 1. The number of esters is 3. The molecule has 0 radical (unpaired) electrons. The molecule has 0 saturated carbocycles. The molecular formula is C19H28O8. The van der Waals surface area contributed by atoms with Gasteiger partial charge in [0, 0.05) is 22.3 Å². The maximum Gasteiger partial charge on any atom is 0.333 e. The van der Waals surface area contributed by atoms with Crippen molar-refractivity contribution in [3.05, 3.63) is 48.6 Å². The van der Waals surface area contributed by atoms with Gasteiger partial charge in [-0.05, 0) is 27.7 Å². The summed E-state index contributed by atoms with van der Waals surface area (Å²) in [5, 5.41) is 7.89. The standard InChI is InChI=1S/C10H14O4.C5H8O2.C4H6O2/c1-7(2)9(11)13-5-6-14-10(12)8(3)4;1-4(2)5(6)7-3;1-3(2)4(5)6/h1,3,5-6H2,2,4H3;1H2,2-3H3;1H2,2H3,(H,5,6). The molecule has 0 aliphatic heterocycles. The van der Waals surface area contributed by atoms with Crippen LogP contribution >= 0.6 is 0 Å². The molecule has 152 valence electrons. The molecule has 0 aromatic carbocycles. The molecular weight excluding hydrogens is 356 g/mol. The van der Waals surface area contributed by atoms with Crippen LogP contribution < -0.4 is 0 Å². The lowest BCUT2D eigenvalue weighted by molar-refractivity contribution is -0.147. The summed E-state index contributed by atoms with van der Waals surface area (Å²) in [5.74, 6) is -2.26. The molecule has 8 nitrogen and oxygen atoms in total. The van der Waals surface area contributed by atoms with E-state index in [4.69, 9.17) is 5.11 Å². The summed E-state index contributed by atoms with van der Waals surface area (Å²) in [6.07, 6.45) is 0. The Hall–Kier alpha value is -3.16. The molecule has 27 heavy (non-hydrogen) atoms. The van der Waals surface area contributed by atoms with Crippen molar-refractivity contribution in [3.63, 3.8) is 0 Å². The summed E-state index contributed by atoms with van der Waals surface area (Å²) in [4.78, 5) is 41.5. The van der Waals surface area contributed by atoms with Gasteiger partial charge < -0.3 is 19.3 Å². The second-order valence-corrected chi connectivity index (χ2v) is 5.19. The lowest BCUT2D eigenvalue weighted by Gasteiger charge is -2.05. The van der Waals surface area contributed by atoms with E-state index in [1.807, 2.05) is 0 Å². The molecule has 0 amide bonds. The molecule has 0 unspecified atom stereocenters. The van der Waals surface area contributed by atoms with Crippen LogP contribution in [-0.4, -0.2) is 49.3 Å². The van der Waals surface area contributed by atoms with Gasteiger partial charge in [-0.2, -0.15) is 0 Å². The summed E-state index contributed by atoms with van der Waals surface area (Å²) >= 11 is 0. The summed E-state index contributed by atoms with van der Waals surface area (Å²) in [5.41, 5.74) is 1.24. The number of aliphatic carboxylic acids is 1. The van der Waals surface area contributed by atoms with Crippen LogP contribution in [0, 0.1) is 0 Å². The fraction of sp³-hybridized carbons (Fsp3) is 0.368. The first kappa shape index (κ1) is 28.6. The van der Waals surface area contributed by atoms with Crippen molar-refractivity contribution in [2.24, 2.45) is 0 Å². The Labute approximate surface area is 159 Å². The second-order valence-electron chi connectivity index (χ2n) is 5.19. The number of hydrogen-bond acceptors (Lipinski definition) is 7. The highest BCUT2D eigenvalue weighted by Gasteiger charge is 2.05. The zero-order valence-corrected chi connectivity index (χ0v) is 16.5. The predicted molar refractivity (Wildman–Crippen MR) is 101 cm³/mol. The van der Waals surface area contributed by atoms with E-state index in [-0.39, 0.29) is 24.8 Å². The van der Waals surface area contributed by atoms with Gasteiger partial charge in [0.2, 0.25) is 0 Å². The number of carbonyl (C=O) groups excluding carboxylic acids is 3. The Morgan fingerprint density at radius 3 is 1.04 bits per heavy atom. The van der Waals surface area contributed by atoms with Gasteiger partial charge in [0.1, 0.15) is 13.2 Å². The first-order valence-corrected chi connectivity index (χ1v) is 7.55. The first-order valence-electron chi connectivity index (χ1n) is 7.55. The van der Waals surface area contributed by atoms with Crippen LogP contribution in [0.5, 0.6) is 0 Å². The van der Waals surface area contributed by atoms with Gasteiger partial charge in [-0.3, -0.25) is 0 Å². The molecule has 0 fully saturated rings. The van der Waals surface area contributed by atoms with E-state index < -0.39 is 17.9 Å². The van der Waals surface area contributed by atoms with Crippen molar-refractivity contribution in [3.8, 4) is 0 Å². The van der Waals surface area contributed by atoms with Crippen LogP contribution in [0.2, 0.25) is 0 Å². The van der Waals surface area contributed by atoms with E-state index in [0.29, 0.717) is 16.7 Å². The number of ether oxygens (including phenoxy) is 3. The average Bonchev–Trinajstić information content (AvgIpc) is 2.57. The molecule has 0 aromatic heterocycles. The van der Waals surface area contributed by atoms with Crippen molar-refractivity contribution < 1.29 is 38.5 Å². The van der Waals surface area contributed by atoms with Crippen molar-refractivity contribution in [1.29, 1.82) is 0 Å². The summed E-state index contributed by atoms with van der Waals surface area (Å²) in [6, 6.07) is 0. The van der Waals surface area contributed by atoms with E-state index in [0.717, 1.165) is 0 Å². The molecule has 0 aliphatic carbocycles. The summed E-state index contributed by atoms with van der Waals surface area (Å²) in [7, 11) is 1.33. The molecule has 0 spiro atoms. The van der Waals surface area contributed by atoms with Crippen LogP contribution in [0.4, 0.5) is 0 Å². The minimum Gasteiger partial charge on any atom is -0.478 e. The Bertz CT molecular complexity index is 559. The number of methoxy groups -OCH3 is 1. The van der Waals surface area contributed by atoms with E-state index >= 15 is 0 Å². The molecule has 0 heterocycles. The monoisotopic (exact) mass is 384 g/mol. The largest absolute Gasteiger partial charge is 0.478 e. The fourth-order valence-electron chi connectivity index (χ4n) is 0.689. The highest BCUT2D eigenvalue weighted by Crippen LogP contribution is 1.94. The lowest BCUT2D eigenvalue weighted by atomic mass is 10.4. The highest BCUT2D eigenvalue weighted by atomic mass is 16.6. The van der Waals surface area contributed by atoms with Crippen molar-refractivity contribution in [1.82, 2.24) is 0 Å². The maximum absolute atomic E-state index is 10.8. The number of carbonyl (C=O) groups is 4. The van der Waals surface area contributed by atoms with Gasteiger partial charge in [0.25, 0.3) is 0 Å². The van der Waals surface area contributed by atoms with Crippen LogP contribution in [0.15, 0.2) is 48.6 Å². The maximum atomic E-state index is 10.8. The number of hydrogen-bond donors (Lipinski definition) is 1. The van der Waals surface area contributed by atoms with Gasteiger partial charge in [-0.15, -0.1) is 0 Å². The molecule has 8 heteroatoms. The third kappa shape index (κ3) is 20.8. The Morgan fingerprint density at radius 1 is 0.667 bits per heavy atom. The topological polar surface area (TPSA) is 116 Å². The van der Waals surface area contributed by atoms with Gasteiger partial charge >= 0.3 is 23.9 Å². The quantitative estimate of drug-likeness (QED) is 0.308. The van der Waals surface area contributed by atoms with E-state index in [1.165, 1.54) is 14.0 Å². The zero-order valence-electron chi connectivity index (χ0n) is 16.5. The molecule has 1 N–H and O–H groups in total. The normalized spacial score (nSPS) is 8.33. The Morgan fingerprint density at radius 2 is 0.926 bits per heavy atom. The molecule has 0 aliphatic rings. The minimum atomic E-state index is -0.935. The fourth-order valence-corrected chi connectivity index (χ4v) is 0.689. The van der Waals surface area contributed by atoms with Gasteiger partial charge in [0.15, 0.2) is 0 Å². The highest BCUT2D eigenvalue weighted by molar-refractivity contribution is 5.88. The average molecular weight is 384 g/mol. The molecule has 0 bridgehead atoms. The van der Waals surface area contributed by atoms with Crippen LogP contribution in [0.3, 0.4) is 0 Å². The van der Waals surface area contributed by atoms with E-state index in [9.17, 15) is 19.2 Å². The number of rotatable bonds is 7. The molecule has 0 aromatic rings. The van der Waals surface area contributed by atoms with Crippen molar-refractivity contribution in [2.45, 2.75) is 27.7 Å². The predicted octanol–water partition coefficient (Wildman–Crippen LogP) is 2.61. The second kappa shape index (κ2) is 16.3. The lowest BCUT2D eigenvalue weighted by Crippen LogP contribution is -2.14. The third-order valence-corrected chi connectivity index (χ3v) is 2.15. The van der Waals surface area contributed by atoms with Crippen LogP contribution in [-0.2, 0) is 33.4 Å². The first-order chi connectivity index (χ1) is 12.3.